The van der Waals surface area contributed by atoms with Gasteiger partial charge in [-0.15, -0.1) is 0 Å². The molecule has 0 N–H and O–H groups in total. The van der Waals surface area contributed by atoms with E-state index in [1.807, 2.05) is 0 Å². The summed E-state index contributed by atoms with van der Waals surface area (Å²) in [6, 6.07) is 5.04. The van der Waals surface area contributed by atoms with Gasteiger partial charge in [0, 0.05) is 21.8 Å². The molecule has 1 heterocycles. The summed E-state index contributed by atoms with van der Waals surface area (Å²) < 4.78 is 0.369. The zero-order chi connectivity index (χ0) is 12.6. The number of rotatable bonds is 2. The monoisotopic (exact) mass is 372 g/mol. The van der Waals surface area contributed by atoms with E-state index in [2.05, 4.69) is 21.0 Å². The van der Waals surface area contributed by atoms with Crippen molar-refractivity contribution in [3.8, 4) is 0 Å². The van der Waals surface area contributed by atoms with Crippen LogP contribution in [0.15, 0.2) is 30.6 Å². The third kappa shape index (κ3) is 2.74. The van der Waals surface area contributed by atoms with E-state index in [-0.39, 0.29) is 0 Å². The van der Waals surface area contributed by atoms with Crippen LogP contribution in [0.2, 0.25) is 15.1 Å². The van der Waals surface area contributed by atoms with Gasteiger partial charge in [0.15, 0.2) is 0 Å². The van der Waals surface area contributed by atoms with Crippen molar-refractivity contribution >= 4 is 62.3 Å². The standard InChI is InChI=1S/C10H5BrCl4N2/c11-10(15,17-5-7(13)4-16-17)8-2-1-6(12)3-9(8)14/h1-5H. The highest BCUT2D eigenvalue weighted by Crippen LogP contribution is 2.41. The van der Waals surface area contributed by atoms with Crippen LogP contribution >= 0.6 is 62.3 Å². The lowest BCUT2D eigenvalue weighted by Crippen LogP contribution is -2.22. The molecule has 0 amide bonds. The van der Waals surface area contributed by atoms with Crippen LogP contribution in [0, 0.1) is 0 Å². The smallest absolute Gasteiger partial charge is 0.217 e. The van der Waals surface area contributed by atoms with Crippen LogP contribution < -0.4 is 0 Å². The maximum atomic E-state index is 6.39. The Hall–Kier alpha value is 0.0700. The zero-order valence-corrected chi connectivity index (χ0v) is 12.8. The predicted octanol–water partition coefficient (Wildman–Crippen LogP) is 5.14. The first-order valence-corrected chi connectivity index (χ1v) is 6.76. The molecule has 1 aromatic heterocycles. The molecule has 1 atom stereocenters. The molecule has 1 aromatic carbocycles. The number of halogens is 5. The average Bonchev–Trinajstić information content (AvgIpc) is 2.64. The van der Waals surface area contributed by atoms with Crippen molar-refractivity contribution < 1.29 is 0 Å². The molecule has 0 saturated carbocycles. The number of alkyl halides is 2. The minimum absolute atomic E-state index is 0.441. The molecule has 90 valence electrons. The van der Waals surface area contributed by atoms with E-state index in [4.69, 9.17) is 46.4 Å². The van der Waals surface area contributed by atoms with Crippen molar-refractivity contribution in [1.82, 2.24) is 9.78 Å². The van der Waals surface area contributed by atoms with Crippen molar-refractivity contribution in [3.63, 3.8) is 0 Å². The van der Waals surface area contributed by atoms with Crippen LogP contribution in [0.1, 0.15) is 5.56 Å². The molecule has 1 unspecified atom stereocenters. The second kappa shape index (κ2) is 4.98. The van der Waals surface area contributed by atoms with E-state index in [1.54, 1.807) is 24.4 Å². The molecule has 0 aliphatic rings. The molecule has 0 bridgehead atoms. The summed E-state index contributed by atoms with van der Waals surface area (Å²) in [6.45, 7) is 0. The normalized spacial score (nSPS) is 14.6. The maximum Gasteiger partial charge on any atom is 0.217 e. The van der Waals surface area contributed by atoms with E-state index in [9.17, 15) is 0 Å². The third-order valence-corrected chi connectivity index (χ3v) is 4.00. The van der Waals surface area contributed by atoms with Crippen molar-refractivity contribution in [3.05, 3.63) is 51.2 Å². The molecule has 7 heteroatoms. The van der Waals surface area contributed by atoms with Crippen LogP contribution in [0.4, 0.5) is 0 Å². The molecule has 0 aliphatic heterocycles. The molecule has 17 heavy (non-hydrogen) atoms. The first-order chi connectivity index (χ1) is 7.91. The Kier molecular flexibility index (Phi) is 3.96. The van der Waals surface area contributed by atoms with Gasteiger partial charge in [-0.25, -0.2) is 4.68 Å². The van der Waals surface area contributed by atoms with Crippen LogP contribution in [0.5, 0.6) is 0 Å². The van der Waals surface area contributed by atoms with Crippen LogP contribution in [0.25, 0.3) is 0 Å². The third-order valence-electron chi connectivity index (χ3n) is 2.09. The minimum Gasteiger partial charge on any atom is -0.235 e. The minimum atomic E-state index is -1.10. The fraction of sp³-hybridized carbons (Fsp3) is 0.100. The Morgan fingerprint density at radius 1 is 1.18 bits per heavy atom. The second-order valence-electron chi connectivity index (χ2n) is 3.27. The Labute approximate surface area is 127 Å². The van der Waals surface area contributed by atoms with Gasteiger partial charge in [-0.05, 0) is 28.1 Å². The highest BCUT2D eigenvalue weighted by Gasteiger charge is 2.31. The summed E-state index contributed by atoms with van der Waals surface area (Å²) in [5.74, 6) is 0. The molecule has 2 nitrogen and oxygen atoms in total. The Morgan fingerprint density at radius 2 is 1.88 bits per heavy atom. The van der Waals surface area contributed by atoms with Crippen LogP contribution in [-0.4, -0.2) is 9.78 Å². The summed E-state index contributed by atoms with van der Waals surface area (Å²) >= 11 is 27.5. The molecule has 0 fully saturated rings. The van der Waals surface area contributed by atoms with Crippen molar-refractivity contribution in [1.29, 1.82) is 0 Å². The van der Waals surface area contributed by atoms with Crippen molar-refractivity contribution in [2.24, 2.45) is 0 Å². The van der Waals surface area contributed by atoms with Gasteiger partial charge in [0.25, 0.3) is 0 Å². The van der Waals surface area contributed by atoms with E-state index in [0.717, 1.165) is 0 Å². The fourth-order valence-corrected chi connectivity index (χ4v) is 2.95. The van der Waals surface area contributed by atoms with Crippen molar-refractivity contribution in [2.45, 2.75) is 3.91 Å². The lowest BCUT2D eigenvalue weighted by molar-refractivity contribution is 0.627. The van der Waals surface area contributed by atoms with Crippen LogP contribution in [0.3, 0.4) is 0 Å². The lowest BCUT2D eigenvalue weighted by atomic mass is 10.2. The van der Waals surface area contributed by atoms with E-state index >= 15 is 0 Å². The topological polar surface area (TPSA) is 17.8 Å². The lowest BCUT2D eigenvalue weighted by Gasteiger charge is -2.22. The zero-order valence-electron chi connectivity index (χ0n) is 8.17. The molecule has 0 aliphatic carbocycles. The number of nitrogens with zero attached hydrogens (tertiary/aromatic N) is 2. The second-order valence-corrected chi connectivity index (χ2v) is 6.70. The van der Waals surface area contributed by atoms with Gasteiger partial charge in [-0.3, -0.25) is 0 Å². The van der Waals surface area contributed by atoms with E-state index in [1.165, 1.54) is 10.9 Å². The summed E-state index contributed by atoms with van der Waals surface area (Å²) in [7, 11) is 0. The van der Waals surface area contributed by atoms with E-state index < -0.39 is 3.91 Å². The molecule has 2 aromatic rings. The van der Waals surface area contributed by atoms with Gasteiger partial charge in [0.05, 0.1) is 11.2 Å². The Morgan fingerprint density at radius 3 is 2.41 bits per heavy atom. The predicted molar refractivity (Wildman–Crippen MR) is 75.6 cm³/mol. The number of benzene rings is 1. The Bertz CT molecular complexity index is 553. The Balaban J connectivity index is 2.51. The largest absolute Gasteiger partial charge is 0.235 e. The quantitative estimate of drug-likeness (QED) is 0.666. The number of hydrogen-bond donors (Lipinski definition) is 0. The van der Waals surface area contributed by atoms with Gasteiger partial charge in [-0.1, -0.05) is 52.5 Å². The van der Waals surface area contributed by atoms with Gasteiger partial charge in [0.2, 0.25) is 3.91 Å². The summed E-state index contributed by atoms with van der Waals surface area (Å²) in [5, 5.41) is 5.51. The molecule has 0 saturated heterocycles. The summed E-state index contributed by atoms with van der Waals surface area (Å²) in [5.41, 5.74) is 0.630. The summed E-state index contributed by atoms with van der Waals surface area (Å²) in [6.07, 6.45) is 3.08. The molecule has 0 radical (unpaired) electrons. The summed E-state index contributed by atoms with van der Waals surface area (Å²) in [4.78, 5) is 0. The molecular formula is C10H5BrCl4N2. The molecule has 0 spiro atoms. The highest BCUT2D eigenvalue weighted by atomic mass is 79.9. The number of aromatic nitrogens is 2. The highest BCUT2D eigenvalue weighted by molar-refractivity contribution is 9.10. The van der Waals surface area contributed by atoms with Crippen molar-refractivity contribution in [2.75, 3.05) is 0 Å². The SMILES string of the molecule is Clc1ccc(C(Cl)(Br)n2cc(Cl)cn2)c(Cl)c1. The first kappa shape index (κ1) is 13.5. The average molecular weight is 375 g/mol. The van der Waals surface area contributed by atoms with E-state index in [0.29, 0.717) is 20.6 Å². The first-order valence-electron chi connectivity index (χ1n) is 4.45. The van der Waals surface area contributed by atoms with Crippen LogP contribution in [-0.2, 0) is 3.91 Å². The number of hydrogen-bond acceptors (Lipinski definition) is 1. The van der Waals surface area contributed by atoms with Gasteiger partial charge in [0.1, 0.15) is 0 Å². The molecule has 2 rings (SSSR count). The van der Waals surface area contributed by atoms with Gasteiger partial charge in [-0.2, -0.15) is 5.10 Å². The van der Waals surface area contributed by atoms with Gasteiger partial charge < -0.3 is 0 Å². The fourth-order valence-electron chi connectivity index (χ4n) is 1.31. The maximum absolute atomic E-state index is 6.39. The van der Waals surface area contributed by atoms with Gasteiger partial charge >= 0.3 is 0 Å². The molecular weight excluding hydrogens is 370 g/mol.